The van der Waals surface area contributed by atoms with E-state index in [0.717, 1.165) is 29.0 Å². The first kappa shape index (κ1) is 27.3. The molecule has 44 heavy (non-hydrogen) atoms. The molecule has 6 aromatic rings. The average molecular weight is 614 g/mol. The van der Waals surface area contributed by atoms with Crippen LogP contribution in [0.25, 0.3) is 10.9 Å². The van der Waals surface area contributed by atoms with Crippen molar-refractivity contribution in [3.63, 3.8) is 0 Å². The zero-order valence-electron chi connectivity index (χ0n) is 24.0. The lowest BCUT2D eigenvalue weighted by molar-refractivity contribution is 0.0844. The van der Waals surface area contributed by atoms with Crippen LogP contribution in [0.4, 0.5) is 5.69 Å². The number of carbonyl (C=O) groups is 1. The smallest absolute Gasteiger partial charge is 0.167 e. The molecule has 3 atom stereocenters. The van der Waals surface area contributed by atoms with Crippen molar-refractivity contribution in [3.8, 4) is 0 Å². The number of halogens is 2. The van der Waals surface area contributed by atoms with Gasteiger partial charge in [0.25, 0.3) is 0 Å². The van der Waals surface area contributed by atoms with E-state index >= 15 is 0 Å². The third-order valence-electron chi connectivity index (χ3n) is 9.69. The van der Waals surface area contributed by atoms with Gasteiger partial charge < -0.3 is 9.88 Å². The summed E-state index contributed by atoms with van der Waals surface area (Å²) in [6.45, 7) is 1.39. The van der Waals surface area contributed by atoms with Gasteiger partial charge in [-0.3, -0.25) is 4.79 Å². The highest BCUT2D eigenvalue weighted by Crippen LogP contribution is 2.59. The highest BCUT2D eigenvalue weighted by atomic mass is 35.5. The lowest BCUT2D eigenvalue weighted by Crippen LogP contribution is -2.49. The number of carbonyl (C=O) groups excluding carboxylic acids is 1. The minimum Gasteiger partial charge on any atom is -0.366 e. The minimum absolute atomic E-state index is 0.0417. The van der Waals surface area contributed by atoms with Gasteiger partial charge in [-0.05, 0) is 77.2 Å². The number of nitrogens with zero attached hydrogens (tertiary/aromatic N) is 1. The molecule has 216 valence electrons. The van der Waals surface area contributed by atoms with Gasteiger partial charge in [0.15, 0.2) is 5.78 Å². The molecule has 0 saturated heterocycles. The van der Waals surface area contributed by atoms with Gasteiger partial charge in [0.05, 0.1) is 5.41 Å². The number of aromatic nitrogens is 1. The van der Waals surface area contributed by atoms with Gasteiger partial charge in [0.1, 0.15) is 0 Å². The van der Waals surface area contributed by atoms with Crippen molar-refractivity contribution in [1.29, 1.82) is 0 Å². The first-order chi connectivity index (χ1) is 21.5. The van der Waals surface area contributed by atoms with Crippen molar-refractivity contribution in [2.75, 3.05) is 11.4 Å². The van der Waals surface area contributed by atoms with Gasteiger partial charge in [-0.1, -0.05) is 102 Å². The summed E-state index contributed by atoms with van der Waals surface area (Å²) < 4.78 is 0. The number of anilines is 1. The summed E-state index contributed by atoms with van der Waals surface area (Å²) >= 11 is 13.1. The van der Waals surface area contributed by atoms with Gasteiger partial charge in [0.2, 0.25) is 0 Å². The number of H-pyrrole nitrogens is 1. The number of ketones is 1. The predicted octanol–water partition coefficient (Wildman–Crippen LogP) is 9.82. The molecule has 1 aromatic heterocycles. The number of hydrogen-bond acceptors (Lipinski definition) is 2. The van der Waals surface area contributed by atoms with Gasteiger partial charge in [-0.2, -0.15) is 0 Å². The fraction of sp³-hybridized carbons (Fsp3) is 0.154. The van der Waals surface area contributed by atoms with Crippen LogP contribution in [0, 0.1) is 5.92 Å². The maximum atomic E-state index is 14.9. The summed E-state index contributed by atoms with van der Waals surface area (Å²) in [7, 11) is 0. The van der Waals surface area contributed by atoms with Crippen LogP contribution in [0.3, 0.4) is 0 Å². The van der Waals surface area contributed by atoms with E-state index in [1.165, 1.54) is 22.1 Å². The van der Waals surface area contributed by atoms with E-state index in [-0.39, 0.29) is 17.6 Å². The quantitative estimate of drug-likeness (QED) is 0.197. The number of rotatable bonds is 5. The molecule has 0 saturated carbocycles. The second-order valence-electron chi connectivity index (χ2n) is 12.1. The lowest BCUT2D eigenvalue weighted by Gasteiger charge is -2.44. The third kappa shape index (κ3) is 4.29. The van der Waals surface area contributed by atoms with Gasteiger partial charge in [-0.25, -0.2) is 0 Å². The van der Waals surface area contributed by atoms with Crippen molar-refractivity contribution >= 4 is 45.6 Å². The molecule has 3 unspecified atom stereocenters. The van der Waals surface area contributed by atoms with Crippen LogP contribution in [-0.4, -0.2) is 17.3 Å². The summed E-state index contributed by atoms with van der Waals surface area (Å²) in [5.74, 6) is -0.188. The van der Waals surface area contributed by atoms with Crippen LogP contribution >= 0.6 is 23.2 Å². The van der Waals surface area contributed by atoms with Crippen molar-refractivity contribution in [2.45, 2.75) is 24.3 Å². The van der Waals surface area contributed by atoms with E-state index in [1.807, 2.05) is 36.4 Å². The molecule has 5 heteroatoms. The Bertz CT molecular complexity index is 2000. The van der Waals surface area contributed by atoms with Crippen LogP contribution in [0.1, 0.15) is 50.6 Å². The monoisotopic (exact) mass is 612 g/mol. The van der Waals surface area contributed by atoms with E-state index < -0.39 is 5.41 Å². The van der Waals surface area contributed by atoms with E-state index in [9.17, 15) is 4.79 Å². The number of nitrogens with one attached hydrogen (secondary N) is 1. The topological polar surface area (TPSA) is 36.1 Å². The Morgan fingerprint density at radius 2 is 1.48 bits per heavy atom. The summed E-state index contributed by atoms with van der Waals surface area (Å²) in [6.07, 6.45) is 0.672. The van der Waals surface area contributed by atoms with E-state index in [4.69, 9.17) is 23.2 Å². The fourth-order valence-electron chi connectivity index (χ4n) is 7.81. The predicted molar refractivity (Wildman–Crippen MR) is 180 cm³/mol. The summed E-state index contributed by atoms with van der Waals surface area (Å²) in [5.41, 5.74) is 8.17. The van der Waals surface area contributed by atoms with Crippen molar-refractivity contribution < 1.29 is 4.79 Å². The van der Waals surface area contributed by atoms with Crippen LogP contribution in [0.15, 0.2) is 127 Å². The highest BCUT2D eigenvalue weighted by Gasteiger charge is 2.57. The number of Topliss-reactive ketones (excluding diaryl/α,β-unsaturated/α-hetero) is 1. The Balaban J connectivity index is 1.41. The molecule has 1 aliphatic heterocycles. The van der Waals surface area contributed by atoms with Crippen LogP contribution < -0.4 is 4.90 Å². The van der Waals surface area contributed by atoms with Gasteiger partial charge in [-0.15, -0.1) is 0 Å². The molecule has 2 aliphatic rings. The molecule has 0 amide bonds. The van der Waals surface area contributed by atoms with Crippen LogP contribution in [-0.2, 0) is 12.0 Å². The van der Waals surface area contributed by atoms with Crippen molar-refractivity contribution in [2.24, 2.45) is 5.92 Å². The Hall–Kier alpha value is -4.31. The SMILES string of the molecule is O=C(c1ccc(Cl)cc1)C1CC(c2ccccc2)c2c([nH]c3ccccc23)C12CN(Cc1ccccc1)c1ccc(Cl)cc12. The van der Waals surface area contributed by atoms with Crippen molar-refractivity contribution in [3.05, 3.63) is 171 Å². The number of para-hydroxylation sites is 1. The van der Waals surface area contributed by atoms with Crippen LogP contribution in [0.2, 0.25) is 10.0 Å². The summed E-state index contributed by atoms with van der Waals surface area (Å²) in [4.78, 5) is 21.3. The third-order valence-corrected chi connectivity index (χ3v) is 10.2. The molecule has 1 N–H and O–H groups in total. The molecule has 0 bridgehead atoms. The molecule has 1 aliphatic carbocycles. The maximum absolute atomic E-state index is 14.9. The number of aromatic amines is 1. The lowest BCUT2D eigenvalue weighted by atomic mass is 9.57. The van der Waals surface area contributed by atoms with Gasteiger partial charge >= 0.3 is 0 Å². The number of hydrogen-bond donors (Lipinski definition) is 1. The van der Waals surface area contributed by atoms with Crippen molar-refractivity contribution in [1.82, 2.24) is 4.98 Å². The first-order valence-electron chi connectivity index (χ1n) is 15.1. The zero-order valence-corrected chi connectivity index (χ0v) is 25.5. The Kier molecular flexibility index (Phi) is 6.62. The Morgan fingerprint density at radius 1 is 0.795 bits per heavy atom. The molecule has 8 rings (SSSR count). The molecular weight excluding hydrogens is 583 g/mol. The molecule has 0 radical (unpaired) electrons. The summed E-state index contributed by atoms with van der Waals surface area (Å²) in [6, 6.07) is 43.3. The minimum atomic E-state index is -0.647. The normalized spacial score (nSPS) is 20.5. The Labute approximate surface area is 267 Å². The van der Waals surface area contributed by atoms with Crippen LogP contribution in [0.5, 0.6) is 0 Å². The number of fused-ring (bicyclic) bond motifs is 6. The molecule has 1 spiro atoms. The highest BCUT2D eigenvalue weighted by molar-refractivity contribution is 6.31. The second-order valence-corrected chi connectivity index (χ2v) is 12.9. The fourth-order valence-corrected chi connectivity index (χ4v) is 8.11. The average Bonchev–Trinajstić information content (AvgIpc) is 3.59. The standard InChI is InChI=1S/C39H30Cl2N2O/c40-28-17-15-27(16-18-28)37(44)33-22-31(26-11-5-2-6-12-26)36-30-13-7-8-14-34(30)42-38(36)39(33)24-43(23-25-9-3-1-4-10-25)35-20-19-29(41)21-32(35)39/h1-21,31,33,42H,22-24H2. The first-order valence-corrected chi connectivity index (χ1v) is 15.8. The Morgan fingerprint density at radius 3 is 2.25 bits per heavy atom. The maximum Gasteiger partial charge on any atom is 0.167 e. The zero-order chi connectivity index (χ0) is 29.8. The van der Waals surface area contributed by atoms with Gasteiger partial charge in [0, 0.05) is 62.8 Å². The van der Waals surface area contributed by atoms with E-state index in [0.29, 0.717) is 28.6 Å². The molecule has 2 heterocycles. The molecular formula is C39H30Cl2N2O. The molecule has 5 aromatic carbocycles. The molecule has 3 nitrogen and oxygen atoms in total. The van der Waals surface area contributed by atoms with E-state index in [2.05, 4.69) is 101 Å². The molecule has 0 fully saturated rings. The van der Waals surface area contributed by atoms with E-state index in [1.54, 1.807) is 0 Å². The summed E-state index contributed by atoms with van der Waals surface area (Å²) in [5, 5.41) is 2.50. The second kappa shape index (κ2) is 10.7. The largest absolute Gasteiger partial charge is 0.366 e. The number of benzene rings is 5.